The molecule has 0 saturated heterocycles. The minimum Gasteiger partial charge on any atom is -0.469 e. The Bertz CT molecular complexity index is 296. The van der Waals surface area contributed by atoms with Crippen molar-refractivity contribution < 1.29 is 9.52 Å². The summed E-state index contributed by atoms with van der Waals surface area (Å²) in [7, 11) is 0. The van der Waals surface area contributed by atoms with Gasteiger partial charge in [0.25, 0.3) is 0 Å². The third kappa shape index (κ3) is 2.61. The minimum absolute atomic E-state index is 0.295. The largest absolute Gasteiger partial charge is 0.469 e. The van der Waals surface area contributed by atoms with Crippen LogP contribution in [0.15, 0.2) is 16.7 Å². The van der Waals surface area contributed by atoms with Gasteiger partial charge >= 0.3 is 0 Å². The maximum atomic E-state index is 8.69. The zero-order chi connectivity index (χ0) is 10.5. The van der Waals surface area contributed by atoms with Gasteiger partial charge < -0.3 is 14.8 Å². The van der Waals surface area contributed by atoms with Gasteiger partial charge in [0.15, 0.2) is 0 Å². The zero-order valence-corrected chi connectivity index (χ0v) is 9.04. The average Bonchev–Trinajstić information content (AvgIpc) is 2.73. The lowest BCUT2D eigenvalue weighted by molar-refractivity contribution is 0.281. The van der Waals surface area contributed by atoms with Crippen LogP contribution in [0, 0.1) is 0 Å². The van der Waals surface area contributed by atoms with E-state index in [-0.39, 0.29) is 0 Å². The highest BCUT2D eigenvalue weighted by molar-refractivity contribution is 5.23. The van der Waals surface area contributed by atoms with Crippen molar-refractivity contribution in [3.63, 3.8) is 0 Å². The quantitative estimate of drug-likeness (QED) is 0.729. The second kappa shape index (κ2) is 5.33. The summed E-state index contributed by atoms with van der Waals surface area (Å²) in [6, 6.07) is 2.55. The molecule has 3 nitrogen and oxygen atoms in total. The highest BCUT2D eigenvalue weighted by Gasteiger charge is 2.21. The molecule has 0 aromatic carbocycles. The molecule has 0 aliphatic heterocycles. The molecule has 0 amide bonds. The van der Waals surface area contributed by atoms with Gasteiger partial charge in [0, 0.05) is 24.6 Å². The van der Waals surface area contributed by atoms with E-state index < -0.39 is 0 Å². The second-order valence-corrected chi connectivity index (χ2v) is 4.13. The molecule has 0 bridgehead atoms. The minimum atomic E-state index is 0.295. The smallest absolute Gasteiger partial charge is 0.108 e. The third-order valence-electron chi connectivity index (χ3n) is 3.03. The lowest BCUT2D eigenvalue weighted by Crippen LogP contribution is -2.25. The second-order valence-electron chi connectivity index (χ2n) is 4.13. The van der Waals surface area contributed by atoms with Crippen molar-refractivity contribution in [1.29, 1.82) is 0 Å². The fourth-order valence-corrected chi connectivity index (χ4v) is 2.21. The Kier molecular flexibility index (Phi) is 3.80. The summed E-state index contributed by atoms with van der Waals surface area (Å²) in [5.41, 5.74) is 1.34. The molecular formula is C12H19NO2. The predicted octanol–water partition coefficient (Wildman–Crippen LogP) is 2.02. The first-order valence-electron chi connectivity index (χ1n) is 5.82. The third-order valence-corrected chi connectivity index (χ3v) is 3.03. The van der Waals surface area contributed by atoms with E-state index in [0.29, 0.717) is 12.6 Å². The van der Waals surface area contributed by atoms with Crippen molar-refractivity contribution in [3.05, 3.63) is 23.7 Å². The molecule has 1 aliphatic rings. The van der Waals surface area contributed by atoms with E-state index in [2.05, 4.69) is 11.4 Å². The van der Waals surface area contributed by atoms with Crippen LogP contribution in [0.1, 0.15) is 43.0 Å². The van der Waals surface area contributed by atoms with E-state index in [4.69, 9.17) is 9.52 Å². The van der Waals surface area contributed by atoms with Crippen molar-refractivity contribution >= 4 is 0 Å². The lowest BCUT2D eigenvalue weighted by atomic mass is 9.93. The summed E-state index contributed by atoms with van der Waals surface area (Å²) in [5.74, 6) is 1.15. The van der Waals surface area contributed by atoms with Crippen LogP contribution in [0.4, 0.5) is 0 Å². The maximum Gasteiger partial charge on any atom is 0.108 e. The summed E-state index contributed by atoms with van der Waals surface area (Å²) in [6.07, 6.45) is 7.21. The van der Waals surface area contributed by atoms with Crippen LogP contribution in [-0.2, 0) is 6.42 Å². The van der Waals surface area contributed by atoms with Gasteiger partial charge in [-0.15, -0.1) is 0 Å². The lowest BCUT2D eigenvalue weighted by Gasteiger charge is -2.22. The van der Waals surface area contributed by atoms with Crippen molar-refractivity contribution in [2.45, 2.75) is 38.1 Å². The molecule has 0 spiro atoms. The molecule has 0 radical (unpaired) electrons. The number of rotatable bonds is 5. The van der Waals surface area contributed by atoms with Crippen LogP contribution in [0.25, 0.3) is 0 Å². The van der Waals surface area contributed by atoms with Gasteiger partial charge in [0.05, 0.1) is 6.26 Å². The SMILES string of the molecule is OCCCCNC1CCCc2occc21. The average molecular weight is 209 g/mol. The first-order chi connectivity index (χ1) is 7.42. The molecule has 1 aromatic rings. The molecule has 1 aromatic heterocycles. The monoisotopic (exact) mass is 209 g/mol. The maximum absolute atomic E-state index is 8.69. The van der Waals surface area contributed by atoms with E-state index in [1.54, 1.807) is 6.26 Å². The fraction of sp³-hybridized carbons (Fsp3) is 0.667. The molecule has 1 atom stereocenters. The topological polar surface area (TPSA) is 45.4 Å². The Morgan fingerprint density at radius 3 is 3.27 bits per heavy atom. The van der Waals surface area contributed by atoms with E-state index in [9.17, 15) is 0 Å². The van der Waals surface area contributed by atoms with Gasteiger partial charge in [-0.2, -0.15) is 0 Å². The molecule has 2 rings (SSSR count). The molecule has 0 fully saturated rings. The highest BCUT2D eigenvalue weighted by Crippen LogP contribution is 2.30. The van der Waals surface area contributed by atoms with Crippen molar-refractivity contribution in [2.75, 3.05) is 13.2 Å². The Morgan fingerprint density at radius 1 is 1.47 bits per heavy atom. The first-order valence-corrected chi connectivity index (χ1v) is 5.82. The van der Waals surface area contributed by atoms with Crippen LogP contribution in [0.5, 0.6) is 0 Å². The summed E-state index contributed by atoms with van der Waals surface area (Å²) < 4.78 is 5.43. The van der Waals surface area contributed by atoms with Crippen molar-refractivity contribution in [2.24, 2.45) is 0 Å². The number of aryl methyl sites for hydroxylation is 1. The van der Waals surface area contributed by atoms with E-state index in [0.717, 1.165) is 31.6 Å². The predicted molar refractivity (Wildman–Crippen MR) is 58.7 cm³/mol. The van der Waals surface area contributed by atoms with Gasteiger partial charge in [0.1, 0.15) is 5.76 Å². The molecule has 2 N–H and O–H groups in total. The van der Waals surface area contributed by atoms with Gasteiger partial charge in [-0.3, -0.25) is 0 Å². The van der Waals surface area contributed by atoms with Crippen LogP contribution >= 0.6 is 0 Å². The fourth-order valence-electron chi connectivity index (χ4n) is 2.21. The Labute approximate surface area is 90.5 Å². The van der Waals surface area contributed by atoms with Crippen molar-refractivity contribution in [3.8, 4) is 0 Å². The standard InChI is InChI=1S/C12H19NO2/c14-8-2-1-7-13-11-4-3-5-12-10(11)6-9-15-12/h6,9,11,13-14H,1-5,7-8H2. The van der Waals surface area contributed by atoms with Gasteiger partial charge in [-0.1, -0.05) is 0 Å². The van der Waals surface area contributed by atoms with Crippen molar-refractivity contribution in [1.82, 2.24) is 5.32 Å². The molecule has 15 heavy (non-hydrogen) atoms. The number of hydrogen-bond donors (Lipinski definition) is 2. The molecule has 1 unspecified atom stereocenters. The van der Waals surface area contributed by atoms with Gasteiger partial charge in [-0.05, 0) is 38.3 Å². The highest BCUT2D eigenvalue weighted by atomic mass is 16.3. The van der Waals surface area contributed by atoms with Crippen LogP contribution < -0.4 is 5.32 Å². The van der Waals surface area contributed by atoms with Crippen LogP contribution in [0.3, 0.4) is 0 Å². The number of hydrogen-bond acceptors (Lipinski definition) is 3. The summed E-state index contributed by atoms with van der Waals surface area (Å²) in [5, 5.41) is 12.2. The van der Waals surface area contributed by atoms with Gasteiger partial charge in [0.2, 0.25) is 0 Å². The number of nitrogens with one attached hydrogen (secondary N) is 1. The van der Waals surface area contributed by atoms with Gasteiger partial charge in [-0.25, -0.2) is 0 Å². The normalized spacial score (nSPS) is 20.2. The van der Waals surface area contributed by atoms with Crippen LogP contribution in [-0.4, -0.2) is 18.3 Å². The Balaban J connectivity index is 1.84. The number of unbranched alkanes of at least 4 members (excludes halogenated alkanes) is 1. The molecule has 1 aliphatic carbocycles. The summed E-state index contributed by atoms with van der Waals surface area (Å²) in [4.78, 5) is 0. The number of furan rings is 1. The zero-order valence-electron chi connectivity index (χ0n) is 9.04. The summed E-state index contributed by atoms with van der Waals surface area (Å²) in [6.45, 7) is 1.28. The molecule has 0 saturated carbocycles. The number of aliphatic hydroxyl groups is 1. The van der Waals surface area contributed by atoms with Crippen LogP contribution in [0.2, 0.25) is 0 Å². The Hall–Kier alpha value is -0.800. The Morgan fingerprint density at radius 2 is 2.40 bits per heavy atom. The summed E-state index contributed by atoms with van der Waals surface area (Å²) >= 11 is 0. The molecule has 1 heterocycles. The van der Waals surface area contributed by atoms with E-state index >= 15 is 0 Å². The number of fused-ring (bicyclic) bond motifs is 1. The molecular weight excluding hydrogens is 190 g/mol. The molecule has 84 valence electrons. The first kappa shape index (κ1) is 10.7. The van der Waals surface area contributed by atoms with E-state index in [1.807, 2.05) is 0 Å². The van der Waals surface area contributed by atoms with E-state index in [1.165, 1.54) is 18.4 Å². The molecule has 3 heteroatoms. The number of aliphatic hydroxyl groups excluding tert-OH is 1.